The van der Waals surface area contributed by atoms with Crippen LogP contribution in [0, 0.1) is 0 Å². The van der Waals surface area contributed by atoms with Gasteiger partial charge in [0.1, 0.15) is 5.75 Å². The zero-order valence-electron chi connectivity index (χ0n) is 19.1. The summed E-state index contributed by atoms with van der Waals surface area (Å²) in [7, 11) is 3.47. The molecule has 1 aliphatic heterocycles. The maximum atomic E-state index is 5.67. The highest BCUT2D eigenvalue weighted by atomic mass is 16.5. The summed E-state index contributed by atoms with van der Waals surface area (Å²) >= 11 is 0. The van der Waals surface area contributed by atoms with Crippen molar-refractivity contribution in [3.8, 4) is 5.75 Å². The monoisotopic (exact) mass is 424 g/mol. The molecule has 168 valence electrons. The summed E-state index contributed by atoms with van der Waals surface area (Å²) in [6, 6.07) is 17.0. The standard InChI is InChI=1S/C25H36N4O2/c1-4-26-25(27-17-20-10-9-11-21(16-20)19-30-2)28-18-23(29-14-7-8-15-29)22-12-5-6-13-24(22)31-3/h5-6,9-13,16,23H,4,7-8,14-15,17-19H2,1-3H3,(H2,26,27,28). The fourth-order valence-corrected chi connectivity index (χ4v) is 4.12. The summed E-state index contributed by atoms with van der Waals surface area (Å²) in [6.45, 7) is 7.15. The first kappa shape index (κ1) is 23.1. The van der Waals surface area contributed by atoms with E-state index in [1.54, 1.807) is 14.2 Å². The number of para-hydroxylation sites is 1. The van der Waals surface area contributed by atoms with Gasteiger partial charge < -0.3 is 20.1 Å². The van der Waals surface area contributed by atoms with Crippen LogP contribution in [0.2, 0.25) is 0 Å². The number of hydrogen-bond donors (Lipinski definition) is 2. The molecular formula is C25H36N4O2. The minimum atomic E-state index is 0.243. The van der Waals surface area contributed by atoms with Gasteiger partial charge in [-0.15, -0.1) is 0 Å². The molecule has 2 aromatic rings. The number of ether oxygens (including phenoxy) is 2. The van der Waals surface area contributed by atoms with Gasteiger partial charge >= 0.3 is 0 Å². The molecule has 1 unspecified atom stereocenters. The van der Waals surface area contributed by atoms with Crippen LogP contribution in [-0.2, 0) is 17.9 Å². The summed E-state index contributed by atoms with van der Waals surface area (Å²) in [5, 5.41) is 6.96. The number of hydrogen-bond acceptors (Lipinski definition) is 4. The van der Waals surface area contributed by atoms with Crippen molar-refractivity contribution in [2.75, 3.05) is 40.4 Å². The van der Waals surface area contributed by atoms with Crippen molar-refractivity contribution < 1.29 is 9.47 Å². The Hall–Kier alpha value is -2.57. The first-order valence-corrected chi connectivity index (χ1v) is 11.2. The van der Waals surface area contributed by atoms with E-state index in [-0.39, 0.29) is 6.04 Å². The molecule has 0 saturated carbocycles. The molecular weight excluding hydrogens is 388 g/mol. The molecule has 0 radical (unpaired) electrons. The van der Waals surface area contributed by atoms with Crippen molar-refractivity contribution in [1.29, 1.82) is 0 Å². The van der Waals surface area contributed by atoms with Crippen LogP contribution in [0.1, 0.15) is 42.5 Å². The van der Waals surface area contributed by atoms with Gasteiger partial charge in [0.2, 0.25) is 0 Å². The number of nitrogens with zero attached hydrogens (tertiary/aromatic N) is 2. The van der Waals surface area contributed by atoms with E-state index in [9.17, 15) is 0 Å². The molecule has 0 aliphatic carbocycles. The SMILES string of the molecule is CCNC(=NCc1cccc(COC)c1)NCC(c1ccccc1OC)N1CCCC1. The lowest BCUT2D eigenvalue weighted by molar-refractivity contribution is 0.185. The summed E-state index contributed by atoms with van der Waals surface area (Å²) in [4.78, 5) is 7.37. The molecule has 3 rings (SSSR count). The molecule has 6 heteroatoms. The first-order valence-electron chi connectivity index (χ1n) is 11.2. The van der Waals surface area contributed by atoms with E-state index < -0.39 is 0 Å². The Kier molecular flexibility index (Phi) is 9.18. The third-order valence-corrected chi connectivity index (χ3v) is 5.61. The van der Waals surface area contributed by atoms with Crippen LogP contribution in [0.3, 0.4) is 0 Å². The fraction of sp³-hybridized carbons (Fsp3) is 0.480. The van der Waals surface area contributed by atoms with Crippen molar-refractivity contribution >= 4 is 5.96 Å². The lowest BCUT2D eigenvalue weighted by Gasteiger charge is -2.30. The van der Waals surface area contributed by atoms with Gasteiger partial charge in [-0.05, 0) is 50.0 Å². The van der Waals surface area contributed by atoms with Gasteiger partial charge in [-0.25, -0.2) is 4.99 Å². The molecule has 1 saturated heterocycles. The van der Waals surface area contributed by atoms with Crippen molar-refractivity contribution in [2.24, 2.45) is 4.99 Å². The predicted molar refractivity (Wildman–Crippen MR) is 127 cm³/mol. The van der Waals surface area contributed by atoms with Crippen LogP contribution in [0.5, 0.6) is 5.75 Å². The summed E-state index contributed by atoms with van der Waals surface area (Å²) in [5.74, 6) is 1.77. The largest absolute Gasteiger partial charge is 0.496 e. The van der Waals surface area contributed by atoms with Gasteiger partial charge in [-0.2, -0.15) is 0 Å². The van der Waals surface area contributed by atoms with Gasteiger partial charge in [0.05, 0.1) is 26.3 Å². The van der Waals surface area contributed by atoms with Crippen LogP contribution in [0.15, 0.2) is 53.5 Å². The van der Waals surface area contributed by atoms with Gasteiger partial charge in [-0.3, -0.25) is 4.90 Å². The van der Waals surface area contributed by atoms with Gasteiger partial charge in [0, 0.05) is 25.8 Å². The molecule has 1 heterocycles. The smallest absolute Gasteiger partial charge is 0.191 e. The maximum absolute atomic E-state index is 5.67. The van der Waals surface area contributed by atoms with E-state index in [4.69, 9.17) is 14.5 Å². The Labute approximate surface area is 186 Å². The number of likely N-dealkylation sites (tertiary alicyclic amines) is 1. The Morgan fingerprint density at radius 2 is 1.81 bits per heavy atom. The Balaban J connectivity index is 1.72. The summed E-state index contributed by atoms with van der Waals surface area (Å²) < 4.78 is 10.9. The molecule has 2 aromatic carbocycles. The van der Waals surface area contributed by atoms with Crippen LogP contribution >= 0.6 is 0 Å². The molecule has 1 aliphatic rings. The maximum Gasteiger partial charge on any atom is 0.191 e. The van der Waals surface area contributed by atoms with Crippen LogP contribution in [0.25, 0.3) is 0 Å². The van der Waals surface area contributed by atoms with Crippen LogP contribution in [0.4, 0.5) is 0 Å². The normalized spacial score (nSPS) is 15.6. The highest BCUT2D eigenvalue weighted by Crippen LogP contribution is 2.31. The Morgan fingerprint density at radius 1 is 1.03 bits per heavy atom. The molecule has 0 aromatic heterocycles. The molecule has 0 bridgehead atoms. The Bertz CT molecular complexity index is 834. The van der Waals surface area contributed by atoms with E-state index >= 15 is 0 Å². The first-order chi connectivity index (χ1) is 15.2. The molecule has 1 fully saturated rings. The third kappa shape index (κ3) is 6.71. The number of rotatable bonds is 10. The molecule has 0 spiro atoms. The van der Waals surface area contributed by atoms with Crippen molar-refractivity contribution in [2.45, 2.75) is 39.0 Å². The molecule has 2 N–H and O–H groups in total. The second-order valence-corrected chi connectivity index (χ2v) is 7.83. The predicted octanol–water partition coefficient (Wildman–Crippen LogP) is 3.73. The fourth-order valence-electron chi connectivity index (χ4n) is 4.12. The van der Waals surface area contributed by atoms with E-state index in [1.807, 2.05) is 12.1 Å². The lowest BCUT2D eigenvalue weighted by atomic mass is 10.0. The third-order valence-electron chi connectivity index (χ3n) is 5.61. The highest BCUT2D eigenvalue weighted by Gasteiger charge is 2.26. The zero-order valence-corrected chi connectivity index (χ0v) is 19.1. The van der Waals surface area contributed by atoms with E-state index in [2.05, 4.69) is 58.9 Å². The molecule has 1 atom stereocenters. The minimum Gasteiger partial charge on any atom is -0.496 e. The average molecular weight is 425 g/mol. The topological polar surface area (TPSA) is 58.1 Å². The number of guanidine groups is 1. The number of nitrogens with one attached hydrogen (secondary N) is 2. The molecule has 31 heavy (non-hydrogen) atoms. The van der Waals surface area contributed by atoms with Gasteiger partial charge in [0.25, 0.3) is 0 Å². The van der Waals surface area contributed by atoms with E-state index in [0.29, 0.717) is 13.2 Å². The quantitative estimate of drug-likeness (QED) is 0.450. The zero-order chi connectivity index (χ0) is 21.9. The van der Waals surface area contributed by atoms with Crippen molar-refractivity contribution in [3.63, 3.8) is 0 Å². The van der Waals surface area contributed by atoms with E-state index in [0.717, 1.165) is 37.9 Å². The van der Waals surface area contributed by atoms with Crippen molar-refractivity contribution in [3.05, 3.63) is 65.2 Å². The number of methoxy groups -OCH3 is 2. The minimum absolute atomic E-state index is 0.243. The summed E-state index contributed by atoms with van der Waals surface area (Å²) in [6.07, 6.45) is 2.50. The second kappa shape index (κ2) is 12.3. The van der Waals surface area contributed by atoms with Gasteiger partial charge in [-0.1, -0.05) is 42.5 Å². The number of aliphatic imine (C=N–C) groups is 1. The average Bonchev–Trinajstić information content (AvgIpc) is 3.33. The van der Waals surface area contributed by atoms with Crippen LogP contribution < -0.4 is 15.4 Å². The van der Waals surface area contributed by atoms with E-state index in [1.165, 1.54) is 29.5 Å². The Morgan fingerprint density at radius 3 is 2.55 bits per heavy atom. The van der Waals surface area contributed by atoms with Crippen molar-refractivity contribution in [1.82, 2.24) is 15.5 Å². The highest BCUT2D eigenvalue weighted by molar-refractivity contribution is 5.79. The summed E-state index contributed by atoms with van der Waals surface area (Å²) in [5.41, 5.74) is 3.56. The number of benzene rings is 2. The second-order valence-electron chi connectivity index (χ2n) is 7.83. The molecule has 6 nitrogen and oxygen atoms in total. The van der Waals surface area contributed by atoms with Crippen LogP contribution in [-0.4, -0.2) is 51.3 Å². The lowest BCUT2D eigenvalue weighted by Crippen LogP contribution is -2.42. The molecule has 0 amide bonds. The van der Waals surface area contributed by atoms with Gasteiger partial charge in [0.15, 0.2) is 5.96 Å².